The average Bonchev–Trinajstić information content (AvgIpc) is 3.23. The van der Waals surface area contributed by atoms with Crippen molar-refractivity contribution in [3.8, 4) is 11.1 Å². The normalized spacial score (nSPS) is 16.2. The van der Waals surface area contributed by atoms with Crippen molar-refractivity contribution in [2.24, 2.45) is 7.05 Å². The van der Waals surface area contributed by atoms with Crippen LogP contribution < -0.4 is 10.2 Å². The van der Waals surface area contributed by atoms with Crippen LogP contribution in [0.1, 0.15) is 22.8 Å². The third-order valence-corrected chi connectivity index (χ3v) is 6.15. The molecular formula is C25H26N6O2. The van der Waals surface area contributed by atoms with Crippen molar-refractivity contribution in [2.75, 3.05) is 30.0 Å². The van der Waals surface area contributed by atoms with Gasteiger partial charge in [0, 0.05) is 36.0 Å². The summed E-state index contributed by atoms with van der Waals surface area (Å²) in [6.07, 6.45) is 3.45. The molecule has 0 radical (unpaired) electrons. The third-order valence-electron chi connectivity index (χ3n) is 6.15. The molecule has 1 aliphatic heterocycles. The number of fused-ring (bicyclic) bond motifs is 1. The van der Waals surface area contributed by atoms with E-state index in [2.05, 4.69) is 50.6 Å². The monoisotopic (exact) mass is 442 g/mol. The Morgan fingerprint density at radius 2 is 2.06 bits per heavy atom. The quantitative estimate of drug-likeness (QED) is 0.517. The van der Waals surface area contributed by atoms with Crippen LogP contribution in [0.25, 0.3) is 21.9 Å². The van der Waals surface area contributed by atoms with E-state index < -0.39 is 0 Å². The minimum absolute atomic E-state index is 0.171. The molecule has 1 N–H and O–H groups in total. The lowest BCUT2D eigenvalue weighted by Crippen LogP contribution is -2.44. The van der Waals surface area contributed by atoms with E-state index >= 15 is 0 Å². The van der Waals surface area contributed by atoms with E-state index in [9.17, 15) is 4.79 Å². The van der Waals surface area contributed by atoms with Gasteiger partial charge in [-0.05, 0) is 54.8 Å². The standard InChI is InChI=1S/C25H26N6O2/c1-16-4-5-19(25(32)28-23-8-9-27-30(23)3)13-22(16)18-6-7-21-20(12-18)14-26-29-24(21)31-10-11-33-15-17(31)2/h4-9,12-14,17H,10-11,15H2,1-3H3,(H,28,32)/t17-/m0/s1. The summed E-state index contributed by atoms with van der Waals surface area (Å²) < 4.78 is 7.21. The van der Waals surface area contributed by atoms with Gasteiger partial charge in [-0.1, -0.05) is 12.1 Å². The third kappa shape index (κ3) is 4.05. The summed E-state index contributed by atoms with van der Waals surface area (Å²) in [5, 5.41) is 17.8. The van der Waals surface area contributed by atoms with Crippen LogP contribution in [0.15, 0.2) is 54.9 Å². The van der Waals surface area contributed by atoms with Crippen molar-refractivity contribution >= 4 is 28.3 Å². The molecule has 1 atom stereocenters. The number of nitrogens with zero attached hydrogens (tertiary/aromatic N) is 5. The van der Waals surface area contributed by atoms with E-state index in [-0.39, 0.29) is 11.9 Å². The summed E-state index contributed by atoms with van der Waals surface area (Å²) >= 11 is 0. The summed E-state index contributed by atoms with van der Waals surface area (Å²) in [4.78, 5) is 15.1. The van der Waals surface area contributed by atoms with Gasteiger partial charge in [-0.25, -0.2) is 0 Å². The molecule has 8 nitrogen and oxygen atoms in total. The van der Waals surface area contributed by atoms with Crippen LogP contribution in [-0.2, 0) is 11.8 Å². The number of benzene rings is 2. The van der Waals surface area contributed by atoms with Crippen LogP contribution in [0.3, 0.4) is 0 Å². The summed E-state index contributed by atoms with van der Waals surface area (Å²) in [5.41, 5.74) is 3.72. The van der Waals surface area contributed by atoms with Crippen LogP contribution in [0.4, 0.5) is 11.6 Å². The zero-order chi connectivity index (χ0) is 22.9. The van der Waals surface area contributed by atoms with Gasteiger partial charge in [0.1, 0.15) is 5.82 Å². The highest BCUT2D eigenvalue weighted by Crippen LogP contribution is 2.32. The second kappa shape index (κ2) is 8.63. The topological polar surface area (TPSA) is 85.2 Å². The summed E-state index contributed by atoms with van der Waals surface area (Å²) in [6, 6.07) is 14.1. The van der Waals surface area contributed by atoms with Crippen molar-refractivity contribution in [1.29, 1.82) is 0 Å². The molecule has 0 unspecified atom stereocenters. The number of anilines is 2. The lowest BCUT2D eigenvalue weighted by atomic mass is 9.96. The average molecular weight is 443 g/mol. The number of carbonyl (C=O) groups is 1. The van der Waals surface area contributed by atoms with Crippen molar-refractivity contribution in [3.05, 3.63) is 66.0 Å². The highest BCUT2D eigenvalue weighted by atomic mass is 16.5. The van der Waals surface area contributed by atoms with Crippen LogP contribution >= 0.6 is 0 Å². The van der Waals surface area contributed by atoms with Gasteiger partial charge in [-0.15, -0.1) is 5.10 Å². The van der Waals surface area contributed by atoms with Crippen molar-refractivity contribution in [1.82, 2.24) is 20.0 Å². The minimum Gasteiger partial charge on any atom is -0.377 e. The molecule has 4 aromatic rings. The molecule has 1 saturated heterocycles. The van der Waals surface area contributed by atoms with Gasteiger partial charge < -0.3 is 15.0 Å². The summed E-state index contributed by atoms with van der Waals surface area (Å²) in [7, 11) is 1.79. The Labute approximate surface area is 192 Å². The predicted octanol–water partition coefficient (Wildman–Crippen LogP) is 3.82. The van der Waals surface area contributed by atoms with Crippen LogP contribution in [-0.4, -0.2) is 51.7 Å². The van der Waals surface area contributed by atoms with Crippen molar-refractivity contribution in [2.45, 2.75) is 19.9 Å². The first kappa shape index (κ1) is 21.1. The van der Waals surface area contributed by atoms with Crippen molar-refractivity contribution < 1.29 is 9.53 Å². The van der Waals surface area contributed by atoms with E-state index in [4.69, 9.17) is 4.74 Å². The van der Waals surface area contributed by atoms with Gasteiger partial charge in [-0.3, -0.25) is 9.48 Å². The molecule has 168 valence electrons. The molecule has 1 aliphatic rings. The maximum absolute atomic E-state index is 12.8. The number of rotatable bonds is 4. The summed E-state index contributed by atoms with van der Waals surface area (Å²) in [6.45, 7) is 6.35. The van der Waals surface area contributed by atoms with E-state index in [1.165, 1.54) is 0 Å². The molecule has 33 heavy (non-hydrogen) atoms. The number of carbonyl (C=O) groups excluding carboxylic acids is 1. The second-order valence-corrected chi connectivity index (χ2v) is 8.41. The first-order valence-corrected chi connectivity index (χ1v) is 11.0. The number of aryl methyl sites for hydroxylation is 2. The van der Waals surface area contributed by atoms with Gasteiger partial charge in [-0.2, -0.15) is 10.2 Å². The molecule has 1 fully saturated rings. The van der Waals surface area contributed by atoms with Crippen LogP contribution in [0, 0.1) is 6.92 Å². The molecule has 1 amide bonds. The highest BCUT2D eigenvalue weighted by Gasteiger charge is 2.22. The Morgan fingerprint density at radius 3 is 2.85 bits per heavy atom. The smallest absolute Gasteiger partial charge is 0.256 e. The maximum Gasteiger partial charge on any atom is 0.256 e. The Kier molecular flexibility index (Phi) is 5.51. The molecule has 5 rings (SSSR count). The van der Waals surface area contributed by atoms with Gasteiger partial charge in [0.05, 0.1) is 31.6 Å². The first-order chi connectivity index (χ1) is 16.0. The lowest BCUT2D eigenvalue weighted by molar-refractivity contribution is 0.0986. The highest BCUT2D eigenvalue weighted by molar-refractivity contribution is 6.05. The molecule has 0 bridgehead atoms. The zero-order valence-electron chi connectivity index (χ0n) is 18.9. The number of hydrogen-bond donors (Lipinski definition) is 1. The fourth-order valence-electron chi connectivity index (χ4n) is 4.25. The Balaban J connectivity index is 1.49. The van der Waals surface area contributed by atoms with E-state index in [1.807, 2.05) is 25.1 Å². The minimum atomic E-state index is -0.171. The van der Waals surface area contributed by atoms with Crippen LogP contribution in [0.2, 0.25) is 0 Å². The number of morpholine rings is 1. The van der Waals surface area contributed by atoms with Crippen molar-refractivity contribution in [3.63, 3.8) is 0 Å². The first-order valence-electron chi connectivity index (χ1n) is 11.0. The number of amides is 1. The van der Waals surface area contributed by atoms with E-state index in [1.54, 1.807) is 30.2 Å². The Morgan fingerprint density at radius 1 is 1.18 bits per heavy atom. The van der Waals surface area contributed by atoms with E-state index in [0.717, 1.165) is 39.8 Å². The van der Waals surface area contributed by atoms with Crippen LogP contribution in [0.5, 0.6) is 0 Å². The molecular weight excluding hydrogens is 416 g/mol. The van der Waals surface area contributed by atoms with E-state index in [0.29, 0.717) is 24.6 Å². The molecule has 0 aliphatic carbocycles. The molecule has 8 heteroatoms. The molecule has 0 saturated carbocycles. The fraction of sp³-hybridized carbons (Fsp3) is 0.280. The molecule has 2 aromatic carbocycles. The van der Waals surface area contributed by atoms with Gasteiger partial charge in [0.15, 0.2) is 5.82 Å². The number of aromatic nitrogens is 4. The largest absolute Gasteiger partial charge is 0.377 e. The van der Waals surface area contributed by atoms with Gasteiger partial charge in [0.2, 0.25) is 0 Å². The Hall–Kier alpha value is -3.78. The van der Waals surface area contributed by atoms with Gasteiger partial charge >= 0.3 is 0 Å². The molecule has 3 heterocycles. The number of nitrogens with one attached hydrogen (secondary N) is 1. The number of ether oxygens (including phenoxy) is 1. The SMILES string of the molecule is Cc1ccc(C(=O)Nc2ccnn2C)cc1-c1ccc2c(N3CCOC[C@@H]3C)nncc2c1. The lowest BCUT2D eigenvalue weighted by Gasteiger charge is -2.34. The zero-order valence-corrected chi connectivity index (χ0v) is 18.9. The fourth-order valence-corrected chi connectivity index (χ4v) is 4.25. The Bertz CT molecular complexity index is 1330. The second-order valence-electron chi connectivity index (χ2n) is 8.41. The maximum atomic E-state index is 12.8. The summed E-state index contributed by atoms with van der Waals surface area (Å²) in [5.74, 6) is 1.36. The predicted molar refractivity (Wildman–Crippen MR) is 128 cm³/mol. The molecule has 0 spiro atoms. The van der Waals surface area contributed by atoms with Gasteiger partial charge in [0.25, 0.3) is 5.91 Å². The number of hydrogen-bond acceptors (Lipinski definition) is 6. The molecule has 2 aromatic heterocycles.